The Labute approximate surface area is 128 Å². The third-order valence-electron chi connectivity index (χ3n) is 4.29. The van der Waals surface area contributed by atoms with Gasteiger partial charge < -0.3 is 10.2 Å². The van der Waals surface area contributed by atoms with Crippen LogP contribution in [-0.2, 0) is 6.54 Å². The Kier molecular flexibility index (Phi) is 6.18. The first-order valence-electron chi connectivity index (χ1n) is 7.95. The number of hydrogen-bond acceptors (Lipinski definition) is 2. The average molecular weight is 295 g/mol. The molecule has 2 rings (SSSR count). The zero-order valence-corrected chi connectivity index (χ0v) is 13.5. The van der Waals surface area contributed by atoms with Gasteiger partial charge in [0.05, 0.1) is 10.7 Å². The molecule has 1 saturated carbocycles. The predicted octanol–water partition coefficient (Wildman–Crippen LogP) is 4.61. The van der Waals surface area contributed by atoms with E-state index in [-0.39, 0.29) is 0 Å². The molecule has 0 heterocycles. The number of para-hydroxylation sites is 1. The highest BCUT2D eigenvalue weighted by atomic mass is 35.5. The van der Waals surface area contributed by atoms with Gasteiger partial charge in [0.15, 0.2) is 0 Å². The first-order chi connectivity index (χ1) is 9.74. The first kappa shape index (κ1) is 15.7. The maximum absolute atomic E-state index is 6.49. The van der Waals surface area contributed by atoms with Gasteiger partial charge in [0.25, 0.3) is 0 Å². The van der Waals surface area contributed by atoms with Crippen LogP contribution < -0.4 is 10.2 Å². The van der Waals surface area contributed by atoms with E-state index >= 15 is 0 Å². The molecule has 20 heavy (non-hydrogen) atoms. The van der Waals surface area contributed by atoms with Crippen molar-refractivity contribution in [1.29, 1.82) is 0 Å². The number of hydrogen-bond donors (Lipinski definition) is 1. The van der Waals surface area contributed by atoms with E-state index in [1.54, 1.807) is 0 Å². The number of benzene rings is 1. The summed E-state index contributed by atoms with van der Waals surface area (Å²) in [6.45, 7) is 4.15. The van der Waals surface area contributed by atoms with Crippen molar-refractivity contribution in [1.82, 2.24) is 5.32 Å². The molecule has 1 aromatic carbocycles. The van der Waals surface area contributed by atoms with Crippen molar-refractivity contribution in [3.05, 3.63) is 28.8 Å². The fourth-order valence-corrected chi connectivity index (χ4v) is 3.48. The summed E-state index contributed by atoms with van der Waals surface area (Å²) in [5.74, 6) is 0. The summed E-state index contributed by atoms with van der Waals surface area (Å²) >= 11 is 6.49. The van der Waals surface area contributed by atoms with Crippen LogP contribution in [0.2, 0.25) is 5.02 Å². The van der Waals surface area contributed by atoms with Crippen LogP contribution in [0.5, 0.6) is 0 Å². The fourth-order valence-electron chi connectivity index (χ4n) is 3.15. The Morgan fingerprint density at radius 2 is 2.00 bits per heavy atom. The molecule has 1 aromatic rings. The Morgan fingerprint density at radius 1 is 1.25 bits per heavy atom. The van der Waals surface area contributed by atoms with E-state index < -0.39 is 0 Å². The molecule has 0 atom stereocenters. The molecule has 112 valence electrons. The summed E-state index contributed by atoms with van der Waals surface area (Å²) < 4.78 is 0. The monoisotopic (exact) mass is 294 g/mol. The third kappa shape index (κ3) is 3.89. The molecule has 0 aromatic heterocycles. The van der Waals surface area contributed by atoms with Gasteiger partial charge in [-0.1, -0.05) is 49.9 Å². The molecule has 0 bridgehead atoms. The van der Waals surface area contributed by atoms with Gasteiger partial charge >= 0.3 is 0 Å². The predicted molar refractivity (Wildman–Crippen MR) is 88.7 cm³/mol. The van der Waals surface area contributed by atoms with Crippen molar-refractivity contribution in [3.8, 4) is 0 Å². The van der Waals surface area contributed by atoms with Crippen LogP contribution in [0.15, 0.2) is 18.2 Å². The summed E-state index contributed by atoms with van der Waals surface area (Å²) in [6.07, 6.45) is 7.84. The summed E-state index contributed by atoms with van der Waals surface area (Å²) in [5.41, 5.74) is 2.55. The molecule has 0 aliphatic heterocycles. The lowest BCUT2D eigenvalue weighted by Gasteiger charge is -2.35. The molecule has 1 fully saturated rings. The first-order valence-corrected chi connectivity index (χ1v) is 8.32. The van der Waals surface area contributed by atoms with Crippen molar-refractivity contribution in [2.75, 3.05) is 18.5 Å². The van der Waals surface area contributed by atoms with Crippen LogP contribution in [0.1, 0.15) is 51.0 Å². The lowest BCUT2D eigenvalue weighted by Crippen LogP contribution is -2.34. The molecule has 1 aliphatic carbocycles. The van der Waals surface area contributed by atoms with Gasteiger partial charge in [-0.25, -0.2) is 0 Å². The van der Waals surface area contributed by atoms with Gasteiger partial charge in [-0.2, -0.15) is 0 Å². The normalized spacial score (nSPS) is 16.4. The molecule has 1 aliphatic rings. The highest BCUT2D eigenvalue weighted by Gasteiger charge is 2.21. The van der Waals surface area contributed by atoms with Gasteiger partial charge in [-0.3, -0.25) is 0 Å². The van der Waals surface area contributed by atoms with E-state index in [1.165, 1.54) is 43.4 Å². The zero-order valence-electron chi connectivity index (χ0n) is 12.8. The second-order valence-electron chi connectivity index (χ2n) is 5.83. The molecule has 0 amide bonds. The SMILES string of the molecule is CCCNCc1cccc(Cl)c1N(C)C1CCCCC1. The van der Waals surface area contributed by atoms with Gasteiger partial charge in [0.1, 0.15) is 0 Å². The molecule has 0 saturated heterocycles. The van der Waals surface area contributed by atoms with Crippen LogP contribution in [-0.4, -0.2) is 19.6 Å². The molecule has 1 N–H and O–H groups in total. The van der Waals surface area contributed by atoms with E-state index in [0.717, 1.165) is 24.5 Å². The van der Waals surface area contributed by atoms with E-state index in [2.05, 4.69) is 36.3 Å². The maximum atomic E-state index is 6.49. The number of nitrogens with zero attached hydrogens (tertiary/aromatic N) is 1. The summed E-state index contributed by atoms with van der Waals surface area (Å²) in [4.78, 5) is 2.42. The zero-order chi connectivity index (χ0) is 14.4. The third-order valence-corrected chi connectivity index (χ3v) is 4.59. The Bertz CT molecular complexity index is 413. The van der Waals surface area contributed by atoms with Crippen LogP contribution in [0.25, 0.3) is 0 Å². The minimum absolute atomic E-state index is 0.647. The van der Waals surface area contributed by atoms with Crippen molar-refractivity contribution in [3.63, 3.8) is 0 Å². The Hall–Kier alpha value is -0.730. The van der Waals surface area contributed by atoms with Gasteiger partial charge in [0, 0.05) is 19.6 Å². The molecular formula is C17H27ClN2. The fraction of sp³-hybridized carbons (Fsp3) is 0.647. The summed E-state index contributed by atoms with van der Waals surface area (Å²) in [6, 6.07) is 6.92. The molecular weight excluding hydrogens is 268 g/mol. The number of anilines is 1. The van der Waals surface area contributed by atoms with Crippen molar-refractivity contribution in [2.45, 2.75) is 58.0 Å². The lowest BCUT2D eigenvalue weighted by molar-refractivity contribution is 0.427. The number of rotatable bonds is 6. The highest BCUT2D eigenvalue weighted by Crippen LogP contribution is 2.34. The Morgan fingerprint density at radius 3 is 2.70 bits per heavy atom. The average Bonchev–Trinajstić information content (AvgIpc) is 2.48. The van der Waals surface area contributed by atoms with E-state index in [4.69, 9.17) is 11.6 Å². The standard InChI is InChI=1S/C17H27ClN2/c1-3-12-19-13-14-8-7-11-16(18)17(14)20(2)15-9-5-4-6-10-15/h7-8,11,15,19H,3-6,9-10,12-13H2,1-2H3. The highest BCUT2D eigenvalue weighted by molar-refractivity contribution is 6.33. The van der Waals surface area contributed by atoms with Gasteiger partial charge in [-0.15, -0.1) is 0 Å². The second-order valence-corrected chi connectivity index (χ2v) is 6.23. The van der Waals surface area contributed by atoms with E-state index in [1.807, 2.05) is 6.07 Å². The van der Waals surface area contributed by atoms with Crippen LogP contribution in [0.3, 0.4) is 0 Å². The van der Waals surface area contributed by atoms with E-state index in [9.17, 15) is 0 Å². The minimum atomic E-state index is 0.647. The molecule has 0 radical (unpaired) electrons. The van der Waals surface area contributed by atoms with Gasteiger partial charge in [-0.05, 0) is 37.4 Å². The minimum Gasteiger partial charge on any atom is -0.370 e. The van der Waals surface area contributed by atoms with Crippen LogP contribution in [0, 0.1) is 0 Å². The molecule has 3 heteroatoms. The number of nitrogens with one attached hydrogen (secondary N) is 1. The van der Waals surface area contributed by atoms with Crippen molar-refractivity contribution in [2.24, 2.45) is 0 Å². The maximum Gasteiger partial charge on any atom is 0.0642 e. The number of halogens is 1. The van der Waals surface area contributed by atoms with Gasteiger partial charge in [0.2, 0.25) is 0 Å². The summed E-state index contributed by atoms with van der Waals surface area (Å²) in [5, 5.41) is 4.37. The quantitative estimate of drug-likeness (QED) is 0.771. The van der Waals surface area contributed by atoms with Crippen molar-refractivity contribution < 1.29 is 0 Å². The molecule has 2 nitrogen and oxygen atoms in total. The van der Waals surface area contributed by atoms with E-state index in [0.29, 0.717) is 6.04 Å². The van der Waals surface area contributed by atoms with Crippen LogP contribution in [0.4, 0.5) is 5.69 Å². The molecule has 0 unspecified atom stereocenters. The topological polar surface area (TPSA) is 15.3 Å². The van der Waals surface area contributed by atoms with Crippen LogP contribution >= 0.6 is 11.6 Å². The van der Waals surface area contributed by atoms with Crippen molar-refractivity contribution >= 4 is 17.3 Å². The lowest BCUT2D eigenvalue weighted by atomic mass is 9.93. The second kappa shape index (κ2) is 7.90. The molecule has 0 spiro atoms. The largest absolute Gasteiger partial charge is 0.370 e. The smallest absolute Gasteiger partial charge is 0.0642 e. The Balaban J connectivity index is 2.15. The summed E-state index contributed by atoms with van der Waals surface area (Å²) in [7, 11) is 2.21.